The van der Waals surface area contributed by atoms with Crippen molar-refractivity contribution < 1.29 is 14.9 Å². The predicted molar refractivity (Wildman–Crippen MR) is 57.3 cm³/mol. The van der Waals surface area contributed by atoms with Gasteiger partial charge in [-0.1, -0.05) is 6.07 Å². The quantitative estimate of drug-likeness (QED) is 0.796. The minimum absolute atomic E-state index is 0.154. The Labute approximate surface area is 89.3 Å². The summed E-state index contributed by atoms with van der Waals surface area (Å²) in [6, 6.07) is 5.08. The van der Waals surface area contributed by atoms with Crippen molar-refractivity contribution in [1.29, 1.82) is 0 Å². The van der Waals surface area contributed by atoms with Crippen molar-refractivity contribution in [1.82, 2.24) is 0 Å². The van der Waals surface area contributed by atoms with Gasteiger partial charge in [0.05, 0.1) is 13.2 Å². The second-order valence-electron chi connectivity index (χ2n) is 4.22. The van der Waals surface area contributed by atoms with E-state index in [4.69, 9.17) is 4.74 Å². The third-order valence-corrected chi connectivity index (χ3v) is 3.31. The Morgan fingerprint density at radius 1 is 1.40 bits per heavy atom. The molecule has 15 heavy (non-hydrogen) atoms. The van der Waals surface area contributed by atoms with Crippen LogP contribution in [0.25, 0.3) is 0 Å². The molecule has 1 saturated carbocycles. The van der Waals surface area contributed by atoms with Gasteiger partial charge >= 0.3 is 0 Å². The number of aromatic hydroxyl groups is 1. The summed E-state index contributed by atoms with van der Waals surface area (Å²) in [6.07, 6.45) is 1.58. The fourth-order valence-electron chi connectivity index (χ4n) is 2.14. The lowest BCUT2D eigenvalue weighted by Crippen LogP contribution is -2.23. The van der Waals surface area contributed by atoms with Crippen molar-refractivity contribution in [3.8, 4) is 11.5 Å². The van der Waals surface area contributed by atoms with Crippen LogP contribution in [0.1, 0.15) is 25.3 Å². The highest BCUT2D eigenvalue weighted by molar-refractivity contribution is 5.47. The van der Waals surface area contributed by atoms with Gasteiger partial charge in [-0.05, 0) is 25.8 Å². The SMILES string of the molecule is COc1cc(O)ccc1C1(C(C)O)CC1. The average molecular weight is 208 g/mol. The highest BCUT2D eigenvalue weighted by atomic mass is 16.5. The highest BCUT2D eigenvalue weighted by Crippen LogP contribution is 2.54. The first-order valence-corrected chi connectivity index (χ1v) is 5.16. The maximum Gasteiger partial charge on any atom is 0.126 e. The van der Waals surface area contributed by atoms with Gasteiger partial charge in [0.25, 0.3) is 0 Å². The molecule has 0 heterocycles. The fraction of sp³-hybridized carbons (Fsp3) is 0.500. The number of benzene rings is 1. The first-order valence-electron chi connectivity index (χ1n) is 5.16. The standard InChI is InChI=1S/C12H16O3/c1-8(13)12(5-6-12)10-4-3-9(14)7-11(10)15-2/h3-4,7-8,13-14H,5-6H2,1-2H3. The van der Waals surface area contributed by atoms with E-state index < -0.39 is 0 Å². The van der Waals surface area contributed by atoms with Crippen LogP contribution >= 0.6 is 0 Å². The number of hydrogen-bond acceptors (Lipinski definition) is 3. The molecule has 1 aromatic rings. The maximum atomic E-state index is 9.77. The Morgan fingerprint density at radius 2 is 2.07 bits per heavy atom. The van der Waals surface area contributed by atoms with Crippen LogP contribution in [0.3, 0.4) is 0 Å². The molecule has 3 heteroatoms. The summed E-state index contributed by atoms with van der Waals surface area (Å²) in [7, 11) is 1.58. The number of aliphatic hydroxyl groups excluding tert-OH is 1. The maximum absolute atomic E-state index is 9.77. The molecule has 0 bridgehead atoms. The van der Waals surface area contributed by atoms with Crippen LogP contribution in [0.15, 0.2) is 18.2 Å². The van der Waals surface area contributed by atoms with Gasteiger partial charge in [0, 0.05) is 17.0 Å². The van der Waals surface area contributed by atoms with Crippen molar-refractivity contribution in [3.05, 3.63) is 23.8 Å². The third kappa shape index (κ3) is 1.57. The molecule has 1 aromatic carbocycles. The van der Waals surface area contributed by atoms with E-state index in [1.165, 1.54) is 0 Å². The van der Waals surface area contributed by atoms with Crippen LogP contribution in [-0.2, 0) is 5.41 Å². The van der Waals surface area contributed by atoms with Crippen LogP contribution in [0.2, 0.25) is 0 Å². The van der Waals surface area contributed by atoms with E-state index in [0.717, 1.165) is 18.4 Å². The van der Waals surface area contributed by atoms with Gasteiger partial charge in [-0.2, -0.15) is 0 Å². The molecule has 1 atom stereocenters. The summed E-state index contributed by atoms with van der Waals surface area (Å²) >= 11 is 0. The molecule has 0 radical (unpaired) electrons. The number of aliphatic hydroxyl groups is 1. The first kappa shape index (κ1) is 10.3. The van der Waals surface area contributed by atoms with E-state index in [1.54, 1.807) is 26.2 Å². The largest absolute Gasteiger partial charge is 0.508 e. The summed E-state index contributed by atoms with van der Waals surface area (Å²) in [5, 5.41) is 19.1. The zero-order valence-corrected chi connectivity index (χ0v) is 9.03. The van der Waals surface area contributed by atoms with Gasteiger partial charge < -0.3 is 14.9 Å². The molecule has 0 amide bonds. The molecule has 0 aliphatic heterocycles. The molecular formula is C12H16O3. The number of methoxy groups -OCH3 is 1. The normalized spacial score (nSPS) is 19.7. The molecule has 1 aliphatic rings. The van der Waals surface area contributed by atoms with Crippen LogP contribution in [0.5, 0.6) is 11.5 Å². The van der Waals surface area contributed by atoms with Crippen molar-refractivity contribution in [2.45, 2.75) is 31.3 Å². The summed E-state index contributed by atoms with van der Waals surface area (Å²) in [5.74, 6) is 0.852. The Bertz CT molecular complexity index is 367. The number of phenols is 1. The summed E-state index contributed by atoms with van der Waals surface area (Å²) in [6.45, 7) is 1.80. The van der Waals surface area contributed by atoms with Gasteiger partial charge in [0.15, 0.2) is 0 Å². The third-order valence-electron chi connectivity index (χ3n) is 3.31. The second kappa shape index (κ2) is 3.42. The molecule has 3 nitrogen and oxygen atoms in total. The van der Waals surface area contributed by atoms with Crippen LogP contribution in [-0.4, -0.2) is 23.4 Å². The minimum Gasteiger partial charge on any atom is -0.508 e. The van der Waals surface area contributed by atoms with Gasteiger partial charge in [-0.3, -0.25) is 0 Å². The number of rotatable bonds is 3. The van der Waals surface area contributed by atoms with E-state index in [9.17, 15) is 10.2 Å². The van der Waals surface area contributed by atoms with Crippen molar-refractivity contribution >= 4 is 0 Å². The second-order valence-corrected chi connectivity index (χ2v) is 4.22. The molecule has 2 N–H and O–H groups in total. The van der Waals surface area contributed by atoms with E-state index in [1.807, 2.05) is 6.07 Å². The van der Waals surface area contributed by atoms with Gasteiger partial charge in [-0.25, -0.2) is 0 Å². The smallest absolute Gasteiger partial charge is 0.126 e. The Balaban J connectivity index is 2.44. The zero-order chi connectivity index (χ0) is 11.1. The first-order chi connectivity index (χ1) is 7.10. The topological polar surface area (TPSA) is 49.7 Å². The number of phenolic OH excluding ortho intramolecular Hbond substituents is 1. The van der Waals surface area contributed by atoms with Crippen LogP contribution < -0.4 is 4.74 Å². The monoisotopic (exact) mass is 208 g/mol. The summed E-state index contributed by atoms with van der Waals surface area (Å²) in [5.41, 5.74) is 0.844. The fourth-order valence-corrected chi connectivity index (χ4v) is 2.14. The lowest BCUT2D eigenvalue weighted by Gasteiger charge is -2.21. The molecule has 1 unspecified atom stereocenters. The predicted octanol–water partition coefficient (Wildman–Crippen LogP) is 1.81. The lowest BCUT2D eigenvalue weighted by molar-refractivity contribution is 0.149. The van der Waals surface area contributed by atoms with E-state index in [-0.39, 0.29) is 17.3 Å². The molecule has 2 rings (SSSR count). The van der Waals surface area contributed by atoms with E-state index >= 15 is 0 Å². The van der Waals surface area contributed by atoms with Gasteiger partial charge in [-0.15, -0.1) is 0 Å². The van der Waals surface area contributed by atoms with Crippen LogP contribution in [0.4, 0.5) is 0 Å². The molecule has 82 valence electrons. The number of hydrogen-bond donors (Lipinski definition) is 2. The molecule has 1 fully saturated rings. The minimum atomic E-state index is -0.379. The Morgan fingerprint density at radius 3 is 2.53 bits per heavy atom. The summed E-state index contributed by atoms with van der Waals surface area (Å²) < 4.78 is 5.23. The van der Waals surface area contributed by atoms with Crippen molar-refractivity contribution in [2.75, 3.05) is 7.11 Å². The molecule has 1 aliphatic carbocycles. The van der Waals surface area contributed by atoms with Crippen molar-refractivity contribution in [3.63, 3.8) is 0 Å². The molecular weight excluding hydrogens is 192 g/mol. The average Bonchev–Trinajstić information content (AvgIpc) is 2.98. The van der Waals surface area contributed by atoms with Crippen LogP contribution in [0, 0.1) is 0 Å². The summed E-state index contributed by atoms with van der Waals surface area (Å²) in [4.78, 5) is 0. The van der Waals surface area contributed by atoms with E-state index in [2.05, 4.69) is 0 Å². The molecule has 0 aromatic heterocycles. The Kier molecular flexibility index (Phi) is 2.35. The van der Waals surface area contributed by atoms with Gasteiger partial charge in [0.2, 0.25) is 0 Å². The lowest BCUT2D eigenvalue weighted by atomic mass is 9.90. The number of ether oxygens (including phenoxy) is 1. The zero-order valence-electron chi connectivity index (χ0n) is 9.03. The molecule has 0 saturated heterocycles. The highest BCUT2D eigenvalue weighted by Gasteiger charge is 2.50. The Hall–Kier alpha value is -1.22. The molecule has 0 spiro atoms. The van der Waals surface area contributed by atoms with Gasteiger partial charge in [0.1, 0.15) is 11.5 Å². The van der Waals surface area contributed by atoms with E-state index in [0.29, 0.717) is 5.75 Å². The van der Waals surface area contributed by atoms with Crippen molar-refractivity contribution in [2.24, 2.45) is 0 Å².